The number of hydrogen-bond acceptors (Lipinski definition) is 5. The Balaban J connectivity index is 2.40. The Hall–Kier alpha value is -1.82. The molecule has 2 aromatic rings. The van der Waals surface area contributed by atoms with Crippen LogP contribution in [0.25, 0.3) is 0 Å². The minimum atomic E-state index is -0.600. The Bertz CT molecular complexity index is 458. The van der Waals surface area contributed by atoms with Crippen molar-refractivity contribution in [2.24, 2.45) is 0 Å². The first-order valence-corrected chi connectivity index (χ1v) is 4.96. The molecule has 82 valence electrons. The van der Waals surface area contributed by atoms with E-state index in [4.69, 9.17) is 0 Å². The second kappa shape index (κ2) is 4.80. The van der Waals surface area contributed by atoms with Crippen LogP contribution >= 0.6 is 12.9 Å². The van der Waals surface area contributed by atoms with Crippen LogP contribution < -0.4 is 0 Å². The quantitative estimate of drug-likeness (QED) is 0.622. The first-order valence-electron chi connectivity index (χ1n) is 4.59. The number of H-pyrrole nitrogens is 1. The zero-order chi connectivity index (χ0) is 11.4. The molecule has 0 aliphatic carbocycles. The van der Waals surface area contributed by atoms with Gasteiger partial charge in [0.1, 0.15) is 11.6 Å². The Morgan fingerprint density at radius 1 is 1.38 bits per heavy atom. The Morgan fingerprint density at radius 3 is 2.69 bits per heavy atom. The number of carbonyl (C=O) groups excluding carboxylic acids is 1. The molecule has 0 radical (unpaired) electrons. The molecule has 2 rings (SSSR count). The van der Waals surface area contributed by atoms with Crippen LogP contribution in [0.1, 0.15) is 17.2 Å². The first-order chi connectivity index (χ1) is 7.83. The van der Waals surface area contributed by atoms with Crippen molar-refractivity contribution in [2.75, 3.05) is 0 Å². The van der Waals surface area contributed by atoms with Gasteiger partial charge in [-0.05, 0) is 5.56 Å². The monoisotopic (exact) mass is 235 g/mol. The molecule has 6 heteroatoms. The lowest BCUT2D eigenvalue weighted by molar-refractivity contribution is -0.133. The lowest BCUT2D eigenvalue weighted by Gasteiger charge is -2.10. The predicted octanol–water partition coefficient (Wildman–Crippen LogP) is 1.32. The first kappa shape index (κ1) is 10.7. The SMILES string of the molecule is O=C(OS)C(c1ccccc1)c1c[nH]nn1. The second-order valence-electron chi connectivity index (χ2n) is 3.15. The average molecular weight is 235 g/mol. The van der Waals surface area contributed by atoms with E-state index in [1.54, 1.807) is 6.20 Å². The lowest BCUT2D eigenvalue weighted by Crippen LogP contribution is -2.14. The molecule has 16 heavy (non-hydrogen) atoms. The third-order valence-corrected chi connectivity index (χ3v) is 2.37. The minimum Gasteiger partial charge on any atom is -0.394 e. The summed E-state index contributed by atoms with van der Waals surface area (Å²) in [6.07, 6.45) is 1.56. The lowest BCUT2D eigenvalue weighted by atomic mass is 9.97. The van der Waals surface area contributed by atoms with Crippen LogP contribution in [-0.2, 0) is 8.98 Å². The number of benzene rings is 1. The van der Waals surface area contributed by atoms with Gasteiger partial charge in [-0.2, -0.15) is 0 Å². The van der Waals surface area contributed by atoms with E-state index in [0.717, 1.165) is 5.56 Å². The molecule has 1 aromatic carbocycles. The molecule has 1 unspecified atom stereocenters. The number of rotatable bonds is 3. The summed E-state index contributed by atoms with van der Waals surface area (Å²) in [5.41, 5.74) is 1.29. The van der Waals surface area contributed by atoms with E-state index in [1.807, 2.05) is 30.3 Å². The number of thiol groups is 1. The molecule has 1 N–H and O–H groups in total. The topological polar surface area (TPSA) is 67.9 Å². The van der Waals surface area contributed by atoms with Crippen molar-refractivity contribution < 1.29 is 8.98 Å². The average Bonchev–Trinajstić information content (AvgIpc) is 2.84. The molecule has 0 saturated heterocycles. The Labute approximate surface area is 97.4 Å². The highest BCUT2D eigenvalue weighted by Gasteiger charge is 2.26. The number of aromatic amines is 1. The largest absolute Gasteiger partial charge is 0.394 e. The van der Waals surface area contributed by atoms with Crippen LogP contribution in [0.15, 0.2) is 36.5 Å². The van der Waals surface area contributed by atoms with Crippen molar-refractivity contribution in [2.45, 2.75) is 5.92 Å². The molecule has 0 saturated carbocycles. The number of aromatic nitrogens is 3. The Morgan fingerprint density at radius 2 is 2.12 bits per heavy atom. The van der Waals surface area contributed by atoms with Gasteiger partial charge >= 0.3 is 5.97 Å². The molecule has 1 atom stereocenters. The number of carbonyl (C=O) groups is 1. The molecular formula is C10H9N3O2S. The van der Waals surface area contributed by atoms with Crippen LogP contribution in [0.4, 0.5) is 0 Å². The van der Waals surface area contributed by atoms with Crippen molar-refractivity contribution in [1.29, 1.82) is 0 Å². The van der Waals surface area contributed by atoms with Crippen molar-refractivity contribution in [1.82, 2.24) is 15.4 Å². The normalized spacial score (nSPS) is 12.1. The third kappa shape index (κ3) is 2.06. The van der Waals surface area contributed by atoms with E-state index in [1.165, 1.54) is 0 Å². The molecule has 1 heterocycles. The number of hydrogen-bond donors (Lipinski definition) is 2. The van der Waals surface area contributed by atoms with Gasteiger partial charge in [0.2, 0.25) is 0 Å². The summed E-state index contributed by atoms with van der Waals surface area (Å²) < 4.78 is 4.46. The maximum atomic E-state index is 11.6. The van der Waals surface area contributed by atoms with Crippen LogP contribution in [0, 0.1) is 0 Å². The van der Waals surface area contributed by atoms with E-state index in [9.17, 15) is 4.79 Å². The van der Waals surface area contributed by atoms with Gasteiger partial charge in [-0.3, -0.25) is 5.10 Å². The Kier molecular flexibility index (Phi) is 3.21. The minimum absolute atomic E-state index is 0.483. The molecule has 0 spiro atoms. The van der Waals surface area contributed by atoms with Gasteiger partial charge in [-0.1, -0.05) is 35.5 Å². The van der Waals surface area contributed by atoms with Gasteiger partial charge in [0.15, 0.2) is 0 Å². The summed E-state index contributed by atoms with van der Waals surface area (Å²) >= 11 is 3.53. The zero-order valence-corrected chi connectivity index (χ0v) is 9.09. The van der Waals surface area contributed by atoms with Crippen LogP contribution in [0.3, 0.4) is 0 Å². The highest BCUT2D eigenvalue weighted by Crippen LogP contribution is 2.23. The van der Waals surface area contributed by atoms with Crippen molar-refractivity contribution in [3.05, 3.63) is 47.8 Å². The smallest absolute Gasteiger partial charge is 0.331 e. The maximum Gasteiger partial charge on any atom is 0.331 e. The highest BCUT2D eigenvalue weighted by molar-refractivity contribution is 7.75. The molecule has 0 amide bonds. The predicted molar refractivity (Wildman–Crippen MR) is 59.7 cm³/mol. The fraction of sp³-hybridized carbons (Fsp3) is 0.100. The van der Waals surface area contributed by atoms with E-state index in [-0.39, 0.29) is 0 Å². The fourth-order valence-corrected chi connectivity index (χ4v) is 1.58. The van der Waals surface area contributed by atoms with Gasteiger partial charge in [0.25, 0.3) is 0 Å². The van der Waals surface area contributed by atoms with E-state index in [0.29, 0.717) is 5.69 Å². The molecule has 1 aromatic heterocycles. The molecular weight excluding hydrogens is 226 g/mol. The molecule has 5 nitrogen and oxygen atoms in total. The van der Waals surface area contributed by atoms with Gasteiger partial charge in [-0.25, -0.2) is 4.79 Å². The van der Waals surface area contributed by atoms with Crippen LogP contribution in [-0.4, -0.2) is 21.4 Å². The number of nitrogens with zero attached hydrogens (tertiary/aromatic N) is 2. The zero-order valence-electron chi connectivity index (χ0n) is 8.20. The second-order valence-corrected chi connectivity index (χ2v) is 3.33. The van der Waals surface area contributed by atoms with Crippen LogP contribution in [0.5, 0.6) is 0 Å². The summed E-state index contributed by atoms with van der Waals surface area (Å²) in [4.78, 5) is 11.6. The van der Waals surface area contributed by atoms with E-state index >= 15 is 0 Å². The molecule has 0 aliphatic heterocycles. The van der Waals surface area contributed by atoms with Crippen molar-refractivity contribution in [3.8, 4) is 0 Å². The van der Waals surface area contributed by atoms with Gasteiger partial charge in [0, 0.05) is 19.1 Å². The van der Waals surface area contributed by atoms with Crippen molar-refractivity contribution in [3.63, 3.8) is 0 Å². The summed E-state index contributed by atoms with van der Waals surface area (Å²) in [5.74, 6) is -1.08. The highest BCUT2D eigenvalue weighted by atomic mass is 32.1. The van der Waals surface area contributed by atoms with Gasteiger partial charge in [0.05, 0.1) is 0 Å². The standard InChI is InChI=1S/C10H9N3O2S/c14-10(15-16)9(8-6-11-13-12-8)7-4-2-1-3-5-7/h1-6,9,16H,(H,11,12,13). The van der Waals surface area contributed by atoms with Gasteiger partial charge in [-0.15, -0.1) is 5.10 Å². The molecule has 0 bridgehead atoms. The summed E-state index contributed by atoms with van der Waals surface area (Å²) in [7, 11) is 0. The van der Waals surface area contributed by atoms with Gasteiger partial charge < -0.3 is 4.18 Å². The summed E-state index contributed by atoms with van der Waals surface area (Å²) in [6.45, 7) is 0. The third-order valence-electron chi connectivity index (χ3n) is 2.19. The summed E-state index contributed by atoms with van der Waals surface area (Å²) in [5, 5.41) is 9.96. The van der Waals surface area contributed by atoms with Crippen LogP contribution in [0.2, 0.25) is 0 Å². The summed E-state index contributed by atoms with van der Waals surface area (Å²) in [6, 6.07) is 9.20. The molecule has 0 aliphatic rings. The van der Waals surface area contributed by atoms with E-state index in [2.05, 4.69) is 32.5 Å². The maximum absolute atomic E-state index is 11.6. The van der Waals surface area contributed by atoms with Crippen molar-refractivity contribution >= 4 is 18.9 Å². The van der Waals surface area contributed by atoms with E-state index < -0.39 is 11.9 Å². The molecule has 0 fully saturated rings. The fourth-order valence-electron chi connectivity index (χ4n) is 1.48. The number of nitrogens with one attached hydrogen (secondary N) is 1.